The number of nitrogens with one attached hydrogen (secondary N) is 1. The molecule has 0 fully saturated rings. The molecule has 0 heterocycles. The minimum absolute atomic E-state index is 0.00926. The van der Waals surface area contributed by atoms with Crippen LogP contribution in [0.3, 0.4) is 0 Å². The zero-order valence-electron chi connectivity index (χ0n) is 27.0. The molecule has 0 spiro atoms. The van der Waals surface area contributed by atoms with Crippen molar-refractivity contribution in [1.29, 1.82) is 0 Å². The van der Waals surface area contributed by atoms with Crippen LogP contribution >= 0.6 is 0 Å². The van der Waals surface area contributed by atoms with Crippen LogP contribution < -0.4 is 15.8 Å². The maximum atomic E-state index is 14.2. The van der Waals surface area contributed by atoms with Crippen LogP contribution in [-0.2, 0) is 46.3 Å². The molecule has 0 aliphatic rings. The van der Waals surface area contributed by atoms with Crippen LogP contribution in [0.5, 0.6) is 5.75 Å². The van der Waals surface area contributed by atoms with Crippen molar-refractivity contribution < 1.29 is 47.9 Å². The topological polar surface area (TPSA) is 165 Å². The molecule has 1 unspecified atom stereocenters. The summed E-state index contributed by atoms with van der Waals surface area (Å²) >= 11 is 0. The molecule has 1 amide bonds. The summed E-state index contributed by atoms with van der Waals surface area (Å²) in [6.45, 7) is 10.6. The first kappa shape index (κ1) is 38.4. The lowest BCUT2D eigenvalue weighted by Crippen LogP contribution is -2.64. The van der Waals surface area contributed by atoms with E-state index >= 15 is 0 Å². The molecule has 0 saturated heterocycles. The summed E-state index contributed by atoms with van der Waals surface area (Å²) in [5.74, 6) is -1.72. The Labute approximate surface area is 271 Å². The predicted octanol–water partition coefficient (Wildman–Crippen LogP) is 3.55. The molecule has 46 heavy (non-hydrogen) atoms. The van der Waals surface area contributed by atoms with Crippen LogP contribution in [0.15, 0.2) is 67.3 Å². The third-order valence-electron chi connectivity index (χ3n) is 6.81. The molecule has 0 aliphatic carbocycles. The number of carboxylic acids is 1. The van der Waals surface area contributed by atoms with E-state index in [4.69, 9.17) is 34.2 Å². The lowest BCUT2D eigenvalue weighted by Gasteiger charge is -2.41. The Morgan fingerprint density at radius 3 is 2.00 bits per heavy atom. The molecule has 0 saturated carbocycles. The van der Waals surface area contributed by atoms with E-state index in [1.165, 1.54) is 6.08 Å². The third kappa shape index (κ3) is 12.5. The fourth-order valence-electron chi connectivity index (χ4n) is 4.50. The van der Waals surface area contributed by atoms with Crippen LogP contribution in [0.4, 0.5) is 4.79 Å². The summed E-state index contributed by atoms with van der Waals surface area (Å²) in [5.41, 5.74) is 3.48. The van der Waals surface area contributed by atoms with Gasteiger partial charge in [0, 0.05) is 18.4 Å². The van der Waals surface area contributed by atoms with Gasteiger partial charge in [0.2, 0.25) is 5.60 Å². The lowest BCUT2D eigenvalue weighted by molar-refractivity contribution is -0.191. The quantitative estimate of drug-likeness (QED) is 0.0920. The average Bonchev–Trinajstić information content (AvgIpc) is 3.03. The molecule has 2 aromatic rings. The van der Waals surface area contributed by atoms with Gasteiger partial charge in [-0.3, -0.25) is 4.79 Å². The summed E-state index contributed by atoms with van der Waals surface area (Å²) in [6.07, 6.45) is 0.453. The van der Waals surface area contributed by atoms with E-state index in [0.29, 0.717) is 50.9 Å². The SMILES string of the molecule is C=CCOC(=O)N[C@@H](Cc1ccc(OCc2ccccc2)cc1)C(=O)C(OCCOCCOCCOCCN)(C(=O)O)C(C)(C)C. The van der Waals surface area contributed by atoms with Crippen LogP contribution in [0.2, 0.25) is 0 Å². The van der Waals surface area contributed by atoms with Crippen LogP contribution in [0, 0.1) is 5.41 Å². The number of hydrogen-bond donors (Lipinski definition) is 3. The molecule has 12 nitrogen and oxygen atoms in total. The van der Waals surface area contributed by atoms with Gasteiger partial charge in [0.05, 0.1) is 52.3 Å². The minimum atomic E-state index is -2.33. The molecule has 0 aliphatic heterocycles. The Morgan fingerprint density at radius 2 is 1.46 bits per heavy atom. The first-order valence-corrected chi connectivity index (χ1v) is 15.2. The summed E-state index contributed by atoms with van der Waals surface area (Å²) in [7, 11) is 0. The van der Waals surface area contributed by atoms with Gasteiger partial charge in [-0.2, -0.15) is 0 Å². The molecule has 0 bridgehead atoms. The highest BCUT2D eigenvalue weighted by molar-refractivity contribution is 6.10. The lowest BCUT2D eigenvalue weighted by atomic mass is 9.71. The number of alkyl carbamates (subject to hydrolysis) is 1. The molecular formula is C34H48N2O10. The molecule has 0 radical (unpaired) electrons. The Morgan fingerprint density at radius 1 is 0.870 bits per heavy atom. The smallest absolute Gasteiger partial charge is 0.408 e. The van der Waals surface area contributed by atoms with Gasteiger partial charge in [0.25, 0.3) is 0 Å². The molecule has 254 valence electrons. The molecular weight excluding hydrogens is 596 g/mol. The maximum Gasteiger partial charge on any atom is 0.408 e. The number of benzene rings is 2. The van der Waals surface area contributed by atoms with E-state index in [1.54, 1.807) is 45.0 Å². The number of nitrogens with two attached hydrogens (primary N) is 1. The Hall–Kier alpha value is -3.81. The van der Waals surface area contributed by atoms with Crippen molar-refractivity contribution in [3.63, 3.8) is 0 Å². The second kappa shape index (κ2) is 20.3. The van der Waals surface area contributed by atoms with Crippen molar-refractivity contribution in [2.75, 3.05) is 59.4 Å². The Bertz CT molecular complexity index is 1200. The van der Waals surface area contributed by atoms with Gasteiger partial charge in [0.1, 0.15) is 19.0 Å². The number of carbonyl (C=O) groups excluding carboxylic acids is 2. The predicted molar refractivity (Wildman–Crippen MR) is 172 cm³/mol. The summed E-state index contributed by atoms with van der Waals surface area (Å²) in [4.78, 5) is 39.7. The van der Waals surface area contributed by atoms with E-state index < -0.39 is 34.9 Å². The normalized spacial score (nSPS) is 13.3. The van der Waals surface area contributed by atoms with E-state index in [0.717, 1.165) is 5.56 Å². The first-order chi connectivity index (χ1) is 22.0. The zero-order chi connectivity index (χ0) is 33.8. The number of ketones is 1. The van der Waals surface area contributed by atoms with Crippen molar-refractivity contribution in [3.8, 4) is 5.75 Å². The van der Waals surface area contributed by atoms with Crippen molar-refractivity contribution in [1.82, 2.24) is 5.32 Å². The highest BCUT2D eigenvalue weighted by Crippen LogP contribution is 2.37. The number of aliphatic carboxylic acids is 1. The molecule has 4 N–H and O–H groups in total. The first-order valence-electron chi connectivity index (χ1n) is 15.2. The Kier molecular flexibility index (Phi) is 17.0. The molecule has 0 aromatic heterocycles. The highest BCUT2D eigenvalue weighted by atomic mass is 16.6. The van der Waals surface area contributed by atoms with Crippen LogP contribution in [-0.4, -0.2) is 94.0 Å². The highest BCUT2D eigenvalue weighted by Gasteiger charge is 2.58. The van der Waals surface area contributed by atoms with Gasteiger partial charge in [-0.25, -0.2) is 9.59 Å². The fraction of sp³-hybridized carbons (Fsp3) is 0.500. The number of hydrogen-bond acceptors (Lipinski definition) is 10. The number of carbonyl (C=O) groups is 3. The molecule has 2 rings (SSSR count). The van der Waals surface area contributed by atoms with E-state index in [2.05, 4.69) is 11.9 Å². The Balaban J connectivity index is 2.14. The second-order valence-corrected chi connectivity index (χ2v) is 11.3. The zero-order valence-corrected chi connectivity index (χ0v) is 27.0. The number of Topliss-reactive ketones (excluding diaryl/α,β-unsaturated/α-hetero) is 1. The van der Waals surface area contributed by atoms with Gasteiger partial charge in [-0.15, -0.1) is 0 Å². The number of rotatable bonds is 23. The van der Waals surface area contributed by atoms with Crippen LogP contribution in [0.25, 0.3) is 0 Å². The molecule has 12 heteroatoms. The summed E-state index contributed by atoms with van der Waals surface area (Å²) in [6, 6.07) is 15.4. The number of ether oxygens (including phenoxy) is 6. The summed E-state index contributed by atoms with van der Waals surface area (Å²) < 4.78 is 33.0. The van der Waals surface area contributed by atoms with Gasteiger partial charge in [0.15, 0.2) is 5.78 Å². The van der Waals surface area contributed by atoms with Gasteiger partial charge in [-0.05, 0) is 23.3 Å². The molecule has 2 aromatic carbocycles. The standard InChI is InChI=1S/C34H48N2O10/c1-5-16-44-32(40)36-29(24-26-11-13-28(14-12-26)45-25-27-9-7-6-8-10-27)30(37)34(31(38)39,33(2,3)4)46-23-22-43-21-20-42-19-18-41-17-15-35/h5-14,29H,1,15-25,35H2,2-4H3,(H,36,40)(H,38,39)/t29-,34?/m0/s1. The number of carboxylic acid groups (broad SMARTS) is 1. The fourth-order valence-corrected chi connectivity index (χ4v) is 4.50. The van der Waals surface area contributed by atoms with E-state index in [9.17, 15) is 19.5 Å². The average molecular weight is 645 g/mol. The van der Waals surface area contributed by atoms with Crippen molar-refractivity contribution in [3.05, 3.63) is 78.4 Å². The number of amides is 1. The largest absolute Gasteiger partial charge is 0.489 e. The summed E-state index contributed by atoms with van der Waals surface area (Å²) in [5, 5.41) is 13.0. The maximum absolute atomic E-state index is 14.2. The van der Waals surface area contributed by atoms with Gasteiger partial charge < -0.3 is 44.6 Å². The van der Waals surface area contributed by atoms with Crippen LogP contribution in [0.1, 0.15) is 31.9 Å². The third-order valence-corrected chi connectivity index (χ3v) is 6.81. The molecule has 2 atom stereocenters. The van der Waals surface area contributed by atoms with Gasteiger partial charge in [-0.1, -0.05) is 75.9 Å². The van der Waals surface area contributed by atoms with E-state index in [1.807, 2.05) is 30.3 Å². The van der Waals surface area contributed by atoms with Gasteiger partial charge >= 0.3 is 12.1 Å². The monoisotopic (exact) mass is 644 g/mol. The van der Waals surface area contributed by atoms with Crippen molar-refractivity contribution in [2.24, 2.45) is 11.1 Å². The van der Waals surface area contributed by atoms with Crippen molar-refractivity contribution >= 4 is 17.8 Å². The van der Waals surface area contributed by atoms with Crippen molar-refractivity contribution in [2.45, 2.75) is 45.4 Å². The minimum Gasteiger partial charge on any atom is -0.489 e. The second-order valence-electron chi connectivity index (χ2n) is 11.3. The van der Waals surface area contributed by atoms with E-state index in [-0.39, 0.29) is 32.8 Å².